The van der Waals surface area contributed by atoms with E-state index in [4.69, 9.17) is 0 Å². The van der Waals surface area contributed by atoms with Gasteiger partial charge >= 0.3 is 0 Å². The van der Waals surface area contributed by atoms with Crippen LogP contribution in [0.15, 0.2) is 29.3 Å². The number of carbonyl (C=O) groups excluding carboxylic acids is 1. The van der Waals surface area contributed by atoms with Crippen LogP contribution in [0, 0.1) is 5.41 Å². The second-order valence-electron chi connectivity index (χ2n) is 8.94. The lowest BCUT2D eigenvalue weighted by molar-refractivity contribution is -0.132. The zero-order chi connectivity index (χ0) is 19.7. The van der Waals surface area contributed by atoms with Crippen LogP contribution in [0.3, 0.4) is 0 Å². The van der Waals surface area contributed by atoms with Crippen molar-refractivity contribution in [1.82, 2.24) is 15.1 Å². The quantitative estimate of drug-likeness (QED) is 0.298. The molecular formula is C22H35IN4O. The highest BCUT2D eigenvalue weighted by molar-refractivity contribution is 14.0. The number of fused-ring (bicyclic) bond motifs is 1. The van der Waals surface area contributed by atoms with Gasteiger partial charge in [-0.2, -0.15) is 0 Å². The van der Waals surface area contributed by atoms with Crippen molar-refractivity contribution in [3.05, 3.63) is 35.4 Å². The van der Waals surface area contributed by atoms with E-state index in [1.54, 1.807) is 0 Å². The first-order chi connectivity index (χ1) is 12.8. The van der Waals surface area contributed by atoms with Crippen molar-refractivity contribution in [1.29, 1.82) is 0 Å². The molecular weight excluding hydrogens is 463 g/mol. The van der Waals surface area contributed by atoms with Crippen molar-refractivity contribution in [2.45, 2.75) is 59.0 Å². The number of nitrogens with one attached hydrogen (secondary N) is 1. The van der Waals surface area contributed by atoms with Crippen LogP contribution in [0.2, 0.25) is 0 Å². The molecule has 1 aromatic carbocycles. The second kappa shape index (κ2) is 9.01. The van der Waals surface area contributed by atoms with E-state index in [9.17, 15) is 4.79 Å². The Kier molecular flexibility index (Phi) is 7.39. The van der Waals surface area contributed by atoms with Gasteiger partial charge in [0.1, 0.15) is 0 Å². The molecule has 156 valence electrons. The topological polar surface area (TPSA) is 47.9 Å². The van der Waals surface area contributed by atoms with E-state index < -0.39 is 0 Å². The average molecular weight is 498 g/mol. The lowest BCUT2D eigenvalue weighted by atomic mass is 9.65. The molecule has 2 heterocycles. The van der Waals surface area contributed by atoms with Crippen molar-refractivity contribution >= 4 is 35.8 Å². The first-order valence-electron chi connectivity index (χ1n) is 10.1. The number of halogens is 1. The number of rotatable bonds is 4. The molecule has 2 aliphatic rings. The molecule has 1 fully saturated rings. The fraction of sp³-hybridized carbons (Fsp3) is 0.636. The largest absolute Gasteiger partial charge is 0.356 e. The van der Waals surface area contributed by atoms with Gasteiger partial charge in [0.2, 0.25) is 5.91 Å². The van der Waals surface area contributed by atoms with Crippen LogP contribution in [0.5, 0.6) is 0 Å². The summed E-state index contributed by atoms with van der Waals surface area (Å²) in [6.07, 6.45) is 2.38. The van der Waals surface area contributed by atoms with Crippen LogP contribution in [-0.2, 0) is 17.8 Å². The summed E-state index contributed by atoms with van der Waals surface area (Å²) < 4.78 is 0. The Balaban J connectivity index is 0.00000280. The monoisotopic (exact) mass is 498 g/mol. The fourth-order valence-corrected chi connectivity index (χ4v) is 4.00. The molecule has 1 N–H and O–H groups in total. The number of likely N-dealkylation sites (tertiary alicyclic amines) is 1. The number of hydrogen-bond acceptors (Lipinski definition) is 2. The number of benzene rings is 1. The SMILES string of the molecule is CN=C(NCCCC(=O)N1CCc2ccccc2C1)N1CC(C)(C)C1(C)C.I. The number of aliphatic imine (C=N–C) groups is 1. The smallest absolute Gasteiger partial charge is 0.222 e. The highest BCUT2D eigenvalue weighted by atomic mass is 127. The average Bonchev–Trinajstić information content (AvgIpc) is 2.66. The van der Waals surface area contributed by atoms with Gasteiger partial charge in [-0.05, 0) is 37.8 Å². The standard InChI is InChI=1S/C22H34N4O.HI/c1-21(2)16-26(22(21,3)4)20(23-5)24-13-8-11-19(27)25-14-12-17-9-6-7-10-18(17)15-25;/h6-7,9-10H,8,11-16H2,1-5H3,(H,23,24);1H. The second-order valence-corrected chi connectivity index (χ2v) is 8.94. The molecule has 0 radical (unpaired) electrons. The van der Waals surface area contributed by atoms with Gasteiger partial charge in [0, 0.05) is 50.6 Å². The van der Waals surface area contributed by atoms with Crippen molar-refractivity contribution in [3.8, 4) is 0 Å². The van der Waals surface area contributed by atoms with E-state index in [-0.39, 0.29) is 40.8 Å². The summed E-state index contributed by atoms with van der Waals surface area (Å²) in [6.45, 7) is 12.5. The number of guanidine groups is 1. The maximum atomic E-state index is 12.6. The summed E-state index contributed by atoms with van der Waals surface area (Å²) in [7, 11) is 1.83. The van der Waals surface area contributed by atoms with Gasteiger partial charge in [-0.15, -0.1) is 24.0 Å². The molecule has 0 aliphatic carbocycles. The minimum absolute atomic E-state index is 0. The fourth-order valence-electron chi connectivity index (χ4n) is 4.00. The summed E-state index contributed by atoms with van der Waals surface area (Å²) >= 11 is 0. The molecule has 1 aromatic rings. The number of carbonyl (C=O) groups is 1. The van der Waals surface area contributed by atoms with Crippen LogP contribution >= 0.6 is 24.0 Å². The molecule has 0 saturated carbocycles. The van der Waals surface area contributed by atoms with Crippen LogP contribution in [0.4, 0.5) is 0 Å². The van der Waals surface area contributed by atoms with E-state index >= 15 is 0 Å². The molecule has 1 amide bonds. The normalized spacial score (nSPS) is 20.0. The van der Waals surface area contributed by atoms with E-state index in [0.717, 1.165) is 45.0 Å². The van der Waals surface area contributed by atoms with Gasteiger partial charge in [0.25, 0.3) is 0 Å². The molecule has 0 atom stereocenters. The Morgan fingerprint density at radius 2 is 1.86 bits per heavy atom. The van der Waals surface area contributed by atoms with E-state index in [1.807, 2.05) is 11.9 Å². The first-order valence-corrected chi connectivity index (χ1v) is 10.1. The Bertz CT molecular complexity index is 729. The van der Waals surface area contributed by atoms with E-state index in [0.29, 0.717) is 6.42 Å². The van der Waals surface area contributed by atoms with Crippen molar-refractivity contribution in [3.63, 3.8) is 0 Å². The van der Waals surface area contributed by atoms with Crippen LogP contribution in [0.1, 0.15) is 51.7 Å². The molecule has 5 nitrogen and oxygen atoms in total. The maximum absolute atomic E-state index is 12.6. The number of nitrogens with zero attached hydrogens (tertiary/aromatic N) is 3. The molecule has 1 saturated heterocycles. The minimum atomic E-state index is 0. The summed E-state index contributed by atoms with van der Waals surface area (Å²) in [5.74, 6) is 1.20. The van der Waals surface area contributed by atoms with Gasteiger partial charge in [0.05, 0.1) is 0 Å². The Morgan fingerprint density at radius 1 is 1.18 bits per heavy atom. The first kappa shape index (κ1) is 23.0. The number of hydrogen-bond donors (Lipinski definition) is 1. The third kappa shape index (κ3) is 4.47. The Hall–Kier alpha value is -1.31. The molecule has 28 heavy (non-hydrogen) atoms. The van der Waals surface area contributed by atoms with Crippen LogP contribution in [-0.4, -0.2) is 53.9 Å². The molecule has 6 heteroatoms. The Morgan fingerprint density at radius 3 is 2.46 bits per heavy atom. The summed E-state index contributed by atoms with van der Waals surface area (Å²) in [5.41, 5.74) is 3.04. The van der Waals surface area contributed by atoms with Gasteiger partial charge in [-0.1, -0.05) is 38.1 Å². The van der Waals surface area contributed by atoms with Crippen molar-refractivity contribution in [2.24, 2.45) is 10.4 Å². The van der Waals surface area contributed by atoms with Crippen molar-refractivity contribution < 1.29 is 4.79 Å². The third-order valence-electron chi connectivity index (χ3n) is 6.69. The third-order valence-corrected chi connectivity index (χ3v) is 6.69. The molecule has 2 aliphatic heterocycles. The van der Waals surface area contributed by atoms with E-state index in [2.05, 4.69) is 67.2 Å². The molecule has 0 spiro atoms. The molecule has 0 unspecified atom stereocenters. The van der Waals surface area contributed by atoms with Gasteiger partial charge < -0.3 is 15.1 Å². The highest BCUT2D eigenvalue weighted by Gasteiger charge is 2.53. The van der Waals surface area contributed by atoms with Crippen LogP contribution in [0.25, 0.3) is 0 Å². The Labute approximate surface area is 187 Å². The summed E-state index contributed by atoms with van der Waals surface area (Å²) in [6, 6.07) is 8.44. The number of amides is 1. The summed E-state index contributed by atoms with van der Waals surface area (Å²) in [4.78, 5) is 21.3. The van der Waals surface area contributed by atoms with Gasteiger partial charge in [0.15, 0.2) is 5.96 Å². The minimum Gasteiger partial charge on any atom is -0.356 e. The highest BCUT2D eigenvalue weighted by Crippen LogP contribution is 2.46. The molecule has 0 aromatic heterocycles. The lowest BCUT2D eigenvalue weighted by Crippen LogP contribution is -2.72. The van der Waals surface area contributed by atoms with Gasteiger partial charge in [-0.3, -0.25) is 9.79 Å². The lowest BCUT2D eigenvalue weighted by Gasteiger charge is -2.62. The zero-order valence-corrected chi connectivity index (χ0v) is 20.2. The predicted octanol–water partition coefficient (Wildman–Crippen LogP) is 3.67. The predicted molar refractivity (Wildman–Crippen MR) is 126 cm³/mol. The van der Waals surface area contributed by atoms with Gasteiger partial charge in [-0.25, -0.2) is 0 Å². The van der Waals surface area contributed by atoms with E-state index in [1.165, 1.54) is 11.1 Å². The zero-order valence-electron chi connectivity index (χ0n) is 17.9. The molecule has 0 bridgehead atoms. The van der Waals surface area contributed by atoms with Crippen molar-refractivity contribution in [2.75, 3.05) is 26.7 Å². The van der Waals surface area contributed by atoms with Crippen LogP contribution < -0.4 is 5.32 Å². The maximum Gasteiger partial charge on any atom is 0.222 e. The summed E-state index contributed by atoms with van der Waals surface area (Å²) in [5, 5.41) is 3.44. The molecule has 3 rings (SSSR count).